The topological polar surface area (TPSA) is 81.1 Å². The Balaban J connectivity index is 1.77. The molecule has 2 rings (SSSR count). The maximum atomic E-state index is 10.4. The lowest BCUT2D eigenvalue weighted by molar-refractivity contribution is -0.137. The smallest absolute Gasteiger partial charge is 0.303 e. The molecule has 1 N–H and O–H groups in total. The number of aryl methyl sites for hydroxylation is 1. The van der Waals surface area contributed by atoms with Crippen LogP contribution in [0.4, 0.5) is 0 Å². The molecule has 0 aliphatic rings. The first-order valence-corrected chi connectivity index (χ1v) is 5.86. The number of nitrogens with zero attached hydrogens (tertiary/aromatic N) is 3. The van der Waals surface area contributed by atoms with E-state index in [1.807, 2.05) is 12.3 Å². The SMILES string of the molecule is O=C(O)CCCCc1cn(Cc2ccoc2)nn1. The van der Waals surface area contributed by atoms with Crippen molar-refractivity contribution in [2.45, 2.75) is 32.2 Å². The van der Waals surface area contributed by atoms with E-state index in [0.29, 0.717) is 13.0 Å². The minimum absolute atomic E-state index is 0.211. The van der Waals surface area contributed by atoms with Gasteiger partial charge in [0.25, 0.3) is 0 Å². The summed E-state index contributed by atoms with van der Waals surface area (Å²) < 4.78 is 6.73. The fourth-order valence-corrected chi connectivity index (χ4v) is 1.68. The molecule has 18 heavy (non-hydrogen) atoms. The number of hydrogen-bond donors (Lipinski definition) is 1. The van der Waals surface area contributed by atoms with Crippen LogP contribution < -0.4 is 0 Å². The van der Waals surface area contributed by atoms with E-state index in [2.05, 4.69) is 10.3 Å². The number of carboxylic acids is 1. The average molecular weight is 249 g/mol. The van der Waals surface area contributed by atoms with Crippen molar-refractivity contribution in [2.75, 3.05) is 0 Å². The second-order valence-electron chi connectivity index (χ2n) is 4.14. The van der Waals surface area contributed by atoms with Crippen molar-refractivity contribution < 1.29 is 14.3 Å². The van der Waals surface area contributed by atoms with Gasteiger partial charge in [0.15, 0.2) is 0 Å². The van der Waals surface area contributed by atoms with E-state index in [4.69, 9.17) is 9.52 Å². The summed E-state index contributed by atoms with van der Waals surface area (Å²) in [5, 5.41) is 16.6. The van der Waals surface area contributed by atoms with Gasteiger partial charge in [0.2, 0.25) is 0 Å². The molecule has 0 amide bonds. The molecule has 2 aromatic rings. The number of rotatable bonds is 7. The number of carboxylic acid groups (broad SMARTS) is 1. The monoisotopic (exact) mass is 249 g/mol. The molecule has 0 fully saturated rings. The van der Waals surface area contributed by atoms with E-state index < -0.39 is 5.97 Å². The summed E-state index contributed by atoms with van der Waals surface area (Å²) in [5.41, 5.74) is 1.93. The maximum absolute atomic E-state index is 10.4. The lowest BCUT2D eigenvalue weighted by Gasteiger charge is -1.95. The summed E-state index contributed by atoms with van der Waals surface area (Å²) in [4.78, 5) is 10.4. The molecule has 2 aromatic heterocycles. The zero-order chi connectivity index (χ0) is 12.8. The van der Waals surface area contributed by atoms with E-state index >= 15 is 0 Å². The first-order chi connectivity index (χ1) is 8.74. The molecular weight excluding hydrogens is 234 g/mol. The van der Waals surface area contributed by atoms with E-state index in [1.54, 1.807) is 17.2 Å². The number of carbonyl (C=O) groups is 1. The van der Waals surface area contributed by atoms with Crippen molar-refractivity contribution in [3.8, 4) is 0 Å². The van der Waals surface area contributed by atoms with Crippen molar-refractivity contribution in [3.63, 3.8) is 0 Å². The molecule has 0 saturated heterocycles. The zero-order valence-corrected chi connectivity index (χ0v) is 9.95. The van der Waals surface area contributed by atoms with E-state index in [-0.39, 0.29) is 6.42 Å². The minimum Gasteiger partial charge on any atom is -0.481 e. The van der Waals surface area contributed by atoms with Gasteiger partial charge in [-0.15, -0.1) is 5.10 Å². The summed E-state index contributed by atoms with van der Waals surface area (Å²) in [6.45, 7) is 0.638. The third-order valence-electron chi connectivity index (χ3n) is 2.58. The van der Waals surface area contributed by atoms with Gasteiger partial charge in [-0.25, -0.2) is 4.68 Å². The van der Waals surface area contributed by atoms with Crippen LogP contribution in [-0.2, 0) is 17.8 Å². The van der Waals surface area contributed by atoms with Crippen LogP contribution in [-0.4, -0.2) is 26.1 Å². The maximum Gasteiger partial charge on any atom is 0.303 e. The van der Waals surface area contributed by atoms with Crippen molar-refractivity contribution in [1.82, 2.24) is 15.0 Å². The van der Waals surface area contributed by atoms with Crippen molar-refractivity contribution >= 4 is 5.97 Å². The Labute approximate surface area is 104 Å². The predicted molar refractivity (Wildman–Crippen MR) is 63.0 cm³/mol. The van der Waals surface area contributed by atoms with Gasteiger partial charge in [-0.3, -0.25) is 4.79 Å². The number of hydrogen-bond acceptors (Lipinski definition) is 4. The van der Waals surface area contributed by atoms with Crippen molar-refractivity contribution in [1.29, 1.82) is 0 Å². The number of aliphatic carboxylic acids is 1. The third-order valence-corrected chi connectivity index (χ3v) is 2.58. The van der Waals surface area contributed by atoms with Crippen molar-refractivity contribution in [3.05, 3.63) is 36.0 Å². The second kappa shape index (κ2) is 6.00. The quantitative estimate of drug-likeness (QED) is 0.755. The lowest BCUT2D eigenvalue weighted by Crippen LogP contribution is -1.98. The zero-order valence-electron chi connectivity index (χ0n) is 9.95. The largest absolute Gasteiger partial charge is 0.481 e. The number of unbranched alkanes of at least 4 members (excludes halogenated alkanes) is 1. The minimum atomic E-state index is -0.751. The van der Waals surface area contributed by atoms with Crippen LogP contribution in [0.15, 0.2) is 29.2 Å². The average Bonchev–Trinajstić information content (AvgIpc) is 2.97. The van der Waals surface area contributed by atoms with Gasteiger partial charge in [0, 0.05) is 18.2 Å². The highest BCUT2D eigenvalue weighted by Crippen LogP contribution is 2.06. The standard InChI is InChI=1S/C12H15N3O3/c16-12(17)4-2-1-3-11-8-15(14-13-11)7-10-5-6-18-9-10/h5-6,8-9H,1-4,7H2,(H,16,17). The molecule has 0 unspecified atom stereocenters. The first-order valence-electron chi connectivity index (χ1n) is 5.86. The molecule has 2 heterocycles. The molecule has 6 heteroatoms. The number of aromatic nitrogens is 3. The third kappa shape index (κ3) is 3.73. The molecule has 0 aromatic carbocycles. The number of furan rings is 1. The molecule has 0 spiro atoms. The predicted octanol–water partition coefficient (Wildman–Crippen LogP) is 1.72. The Bertz CT molecular complexity index is 490. The van der Waals surface area contributed by atoms with Gasteiger partial charge in [-0.1, -0.05) is 5.21 Å². The highest BCUT2D eigenvalue weighted by atomic mass is 16.4. The van der Waals surface area contributed by atoms with E-state index in [1.165, 1.54) is 0 Å². The van der Waals surface area contributed by atoms with Gasteiger partial charge >= 0.3 is 5.97 Å². The Morgan fingerprint density at radius 3 is 3.06 bits per heavy atom. The molecular formula is C12H15N3O3. The molecule has 0 saturated carbocycles. The normalized spacial score (nSPS) is 10.7. The van der Waals surface area contributed by atoms with Gasteiger partial charge < -0.3 is 9.52 Å². The Morgan fingerprint density at radius 2 is 2.33 bits per heavy atom. The molecule has 0 bridgehead atoms. The summed E-state index contributed by atoms with van der Waals surface area (Å²) >= 11 is 0. The van der Waals surface area contributed by atoms with Crippen LogP contribution in [0, 0.1) is 0 Å². The second-order valence-corrected chi connectivity index (χ2v) is 4.14. The van der Waals surface area contributed by atoms with Gasteiger partial charge in [-0.2, -0.15) is 0 Å². The summed E-state index contributed by atoms with van der Waals surface area (Å²) in [6, 6.07) is 1.88. The molecule has 0 aliphatic carbocycles. The highest BCUT2D eigenvalue weighted by molar-refractivity contribution is 5.66. The van der Waals surface area contributed by atoms with Crippen LogP contribution in [0.2, 0.25) is 0 Å². The highest BCUT2D eigenvalue weighted by Gasteiger charge is 2.03. The summed E-state index contributed by atoms with van der Waals surface area (Å²) in [6.07, 6.45) is 7.64. The Kier molecular flexibility index (Phi) is 4.11. The van der Waals surface area contributed by atoms with Gasteiger partial charge in [0.1, 0.15) is 0 Å². The summed E-state index contributed by atoms with van der Waals surface area (Å²) in [5.74, 6) is -0.751. The molecule has 0 radical (unpaired) electrons. The molecule has 0 aliphatic heterocycles. The van der Waals surface area contributed by atoms with Crippen molar-refractivity contribution in [2.24, 2.45) is 0 Å². The van der Waals surface area contributed by atoms with Crippen LogP contribution in [0.5, 0.6) is 0 Å². The fraction of sp³-hybridized carbons (Fsp3) is 0.417. The first kappa shape index (κ1) is 12.3. The lowest BCUT2D eigenvalue weighted by atomic mass is 10.1. The van der Waals surface area contributed by atoms with E-state index in [9.17, 15) is 4.79 Å². The van der Waals surface area contributed by atoms with Gasteiger partial charge in [-0.05, 0) is 25.3 Å². The van der Waals surface area contributed by atoms with Crippen LogP contribution >= 0.6 is 0 Å². The van der Waals surface area contributed by atoms with Crippen LogP contribution in [0.1, 0.15) is 30.5 Å². The fourth-order valence-electron chi connectivity index (χ4n) is 1.68. The van der Waals surface area contributed by atoms with Gasteiger partial charge in [0.05, 0.1) is 24.8 Å². The van der Waals surface area contributed by atoms with Crippen LogP contribution in [0.3, 0.4) is 0 Å². The molecule has 96 valence electrons. The van der Waals surface area contributed by atoms with E-state index in [0.717, 1.165) is 24.1 Å². The summed E-state index contributed by atoms with van der Waals surface area (Å²) in [7, 11) is 0. The Hall–Kier alpha value is -2.11. The molecule has 6 nitrogen and oxygen atoms in total. The van der Waals surface area contributed by atoms with Crippen LogP contribution in [0.25, 0.3) is 0 Å². The Morgan fingerprint density at radius 1 is 1.44 bits per heavy atom. The molecule has 0 atom stereocenters.